The van der Waals surface area contributed by atoms with Gasteiger partial charge in [0, 0.05) is 12.1 Å². The molecule has 2 aromatic rings. The molecule has 0 radical (unpaired) electrons. The highest BCUT2D eigenvalue weighted by atomic mass is 16.6. The normalized spacial score (nSPS) is 11.2. The number of benzene rings is 1. The molecule has 0 unspecified atom stereocenters. The van der Waals surface area contributed by atoms with Crippen LogP contribution in [0.4, 0.5) is 4.79 Å². The topological polar surface area (TPSA) is 64.4 Å². The first-order valence-corrected chi connectivity index (χ1v) is 6.39. The molecule has 0 aliphatic rings. The standard InChI is InChI=1S/C15H18N2O3/c1-15(2,3)20-14(18)16-8-11-6-4-5-7-12(11)13-9-19-10-17-13/h4-7,9-10H,8H2,1-3H3,(H,16,18). The van der Waals surface area contributed by atoms with Gasteiger partial charge in [-0.25, -0.2) is 9.78 Å². The summed E-state index contributed by atoms with van der Waals surface area (Å²) in [6, 6.07) is 7.70. The molecule has 0 aliphatic carbocycles. The first kappa shape index (κ1) is 14.1. The molecule has 1 heterocycles. The molecular weight excluding hydrogens is 256 g/mol. The molecule has 20 heavy (non-hydrogen) atoms. The van der Waals surface area contributed by atoms with E-state index in [0.29, 0.717) is 6.54 Å². The lowest BCUT2D eigenvalue weighted by Gasteiger charge is -2.20. The molecular formula is C15H18N2O3. The van der Waals surface area contributed by atoms with E-state index in [-0.39, 0.29) is 0 Å². The van der Waals surface area contributed by atoms with Crippen molar-refractivity contribution in [1.82, 2.24) is 10.3 Å². The zero-order valence-electron chi connectivity index (χ0n) is 11.8. The highest BCUT2D eigenvalue weighted by Crippen LogP contribution is 2.21. The van der Waals surface area contributed by atoms with E-state index >= 15 is 0 Å². The van der Waals surface area contributed by atoms with Crippen LogP contribution in [0.15, 0.2) is 41.3 Å². The van der Waals surface area contributed by atoms with E-state index in [1.807, 2.05) is 45.0 Å². The van der Waals surface area contributed by atoms with Gasteiger partial charge in [0.05, 0.1) is 0 Å². The van der Waals surface area contributed by atoms with Gasteiger partial charge in [0.2, 0.25) is 0 Å². The van der Waals surface area contributed by atoms with Gasteiger partial charge in [0.25, 0.3) is 0 Å². The van der Waals surface area contributed by atoms with Crippen LogP contribution in [-0.4, -0.2) is 16.7 Å². The maximum absolute atomic E-state index is 11.7. The van der Waals surface area contributed by atoms with E-state index in [4.69, 9.17) is 9.15 Å². The Morgan fingerprint density at radius 1 is 1.35 bits per heavy atom. The molecule has 0 spiro atoms. The Balaban J connectivity index is 2.06. The van der Waals surface area contributed by atoms with Crippen LogP contribution in [0, 0.1) is 0 Å². The third kappa shape index (κ3) is 3.85. The van der Waals surface area contributed by atoms with Crippen LogP contribution in [0.5, 0.6) is 0 Å². The van der Waals surface area contributed by atoms with Gasteiger partial charge in [-0.15, -0.1) is 0 Å². The molecule has 1 aromatic heterocycles. The van der Waals surface area contributed by atoms with Crippen molar-refractivity contribution in [2.45, 2.75) is 32.9 Å². The molecule has 2 rings (SSSR count). The first-order valence-electron chi connectivity index (χ1n) is 6.39. The monoisotopic (exact) mass is 274 g/mol. The van der Waals surface area contributed by atoms with Crippen molar-refractivity contribution in [1.29, 1.82) is 0 Å². The summed E-state index contributed by atoms with van der Waals surface area (Å²) in [5.41, 5.74) is 2.12. The Labute approximate surface area is 118 Å². The van der Waals surface area contributed by atoms with Crippen LogP contribution in [0.1, 0.15) is 26.3 Å². The summed E-state index contributed by atoms with van der Waals surface area (Å²) >= 11 is 0. The maximum atomic E-state index is 11.7. The predicted octanol–water partition coefficient (Wildman–Crippen LogP) is 3.37. The summed E-state index contributed by atoms with van der Waals surface area (Å²) < 4.78 is 10.2. The van der Waals surface area contributed by atoms with Crippen LogP contribution in [0.3, 0.4) is 0 Å². The number of ether oxygens (including phenoxy) is 1. The molecule has 1 aromatic carbocycles. The average Bonchev–Trinajstić information content (AvgIpc) is 2.88. The lowest BCUT2D eigenvalue weighted by Crippen LogP contribution is -2.32. The van der Waals surface area contributed by atoms with E-state index in [1.165, 1.54) is 6.39 Å². The minimum atomic E-state index is -0.504. The fourth-order valence-corrected chi connectivity index (χ4v) is 1.75. The fraction of sp³-hybridized carbons (Fsp3) is 0.333. The van der Waals surface area contributed by atoms with Gasteiger partial charge >= 0.3 is 6.09 Å². The molecule has 0 saturated carbocycles. The van der Waals surface area contributed by atoms with Gasteiger partial charge in [-0.2, -0.15) is 0 Å². The Kier molecular flexibility index (Phi) is 4.08. The Hall–Kier alpha value is -2.30. The number of aromatic nitrogens is 1. The van der Waals surface area contributed by atoms with Gasteiger partial charge in [-0.3, -0.25) is 0 Å². The van der Waals surface area contributed by atoms with Gasteiger partial charge in [-0.1, -0.05) is 24.3 Å². The summed E-state index contributed by atoms with van der Waals surface area (Å²) in [6.45, 7) is 5.86. The Bertz CT molecular complexity index is 571. The van der Waals surface area contributed by atoms with Crippen molar-refractivity contribution in [2.24, 2.45) is 0 Å². The van der Waals surface area contributed by atoms with E-state index in [1.54, 1.807) is 6.26 Å². The van der Waals surface area contributed by atoms with Gasteiger partial charge in [-0.05, 0) is 26.3 Å². The van der Waals surface area contributed by atoms with Crippen molar-refractivity contribution >= 4 is 6.09 Å². The van der Waals surface area contributed by atoms with Gasteiger partial charge in [0.15, 0.2) is 6.39 Å². The number of hydrogen-bond donors (Lipinski definition) is 1. The van der Waals surface area contributed by atoms with E-state index < -0.39 is 11.7 Å². The number of nitrogens with zero attached hydrogens (tertiary/aromatic N) is 1. The molecule has 5 heteroatoms. The second-order valence-electron chi connectivity index (χ2n) is 5.39. The molecule has 0 saturated heterocycles. The number of carbonyl (C=O) groups excluding carboxylic acids is 1. The molecule has 0 bridgehead atoms. The smallest absolute Gasteiger partial charge is 0.407 e. The third-order valence-corrected chi connectivity index (χ3v) is 2.55. The Morgan fingerprint density at radius 3 is 2.75 bits per heavy atom. The molecule has 1 amide bonds. The van der Waals surface area contributed by atoms with E-state index in [9.17, 15) is 4.79 Å². The summed E-state index contributed by atoms with van der Waals surface area (Å²) in [4.78, 5) is 15.8. The van der Waals surface area contributed by atoms with Gasteiger partial charge < -0.3 is 14.5 Å². The molecule has 1 N–H and O–H groups in total. The van der Waals surface area contributed by atoms with Crippen LogP contribution < -0.4 is 5.32 Å². The maximum Gasteiger partial charge on any atom is 0.407 e. The number of carbonyl (C=O) groups is 1. The van der Waals surface area contributed by atoms with Crippen LogP contribution in [-0.2, 0) is 11.3 Å². The molecule has 5 nitrogen and oxygen atoms in total. The number of nitrogens with one attached hydrogen (secondary N) is 1. The first-order chi connectivity index (χ1) is 9.46. The average molecular weight is 274 g/mol. The SMILES string of the molecule is CC(C)(C)OC(=O)NCc1ccccc1-c1cocn1. The third-order valence-electron chi connectivity index (χ3n) is 2.55. The second-order valence-corrected chi connectivity index (χ2v) is 5.39. The number of rotatable bonds is 3. The predicted molar refractivity (Wildman–Crippen MR) is 75.0 cm³/mol. The van der Waals surface area contributed by atoms with Crippen LogP contribution >= 0.6 is 0 Å². The van der Waals surface area contributed by atoms with Crippen molar-refractivity contribution in [3.63, 3.8) is 0 Å². The number of oxazole rings is 1. The van der Waals surface area contributed by atoms with Crippen LogP contribution in [0.25, 0.3) is 11.3 Å². The summed E-state index contributed by atoms with van der Waals surface area (Å²) in [5, 5.41) is 2.74. The number of alkyl carbamates (subject to hydrolysis) is 1. The van der Waals surface area contributed by atoms with Crippen molar-refractivity contribution in [3.05, 3.63) is 42.5 Å². The van der Waals surface area contributed by atoms with Crippen molar-refractivity contribution < 1.29 is 13.9 Å². The Morgan fingerprint density at radius 2 is 2.10 bits per heavy atom. The highest BCUT2D eigenvalue weighted by Gasteiger charge is 2.16. The van der Waals surface area contributed by atoms with E-state index in [0.717, 1.165) is 16.8 Å². The second kappa shape index (κ2) is 5.77. The molecule has 0 fully saturated rings. The number of hydrogen-bond acceptors (Lipinski definition) is 4. The lowest BCUT2D eigenvalue weighted by molar-refractivity contribution is 0.0523. The zero-order valence-corrected chi connectivity index (χ0v) is 11.8. The fourth-order valence-electron chi connectivity index (χ4n) is 1.75. The lowest BCUT2D eigenvalue weighted by atomic mass is 10.1. The summed E-state index contributed by atoms with van der Waals surface area (Å²) in [6.07, 6.45) is 2.52. The van der Waals surface area contributed by atoms with E-state index in [2.05, 4.69) is 10.3 Å². The van der Waals surface area contributed by atoms with Crippen LogP contribution in [0.2, 0.25) is 0 Å². The molecule has 0 aliphatic heterocycles. The van der Waals surface area contributed by atoms with Crippen molar-refractivity contribution in [2.75, 3.05) is 0 Å². The largest absolute Gasteiger partial charge is 0.451 e. The van der Waals surface area contributed by atoms with Crippen molar-refractivity contribution in [3.8, 4) is 11.3 Å². The number of amides is 1. The highest BCUT2D eigenvalue weighted by molar-refractivity contribution is 5.69. The molecule has 0 atom stereocenters. The summed E-state index contributed by atoms with van der Waals surface area (Å²) in [5.74, 6) is 0. The zero-order chi connectivity index (χ0) is 14.6. The minimum Gasteiger partial charge on any atom is -0.451 e. The molecule has 106 valence electrons. The minimum absolute atomic E-state index is 0.373. The quantitative estimate of drug-likeness (QED) is 0.932. The summed E-state index contributed by atoms with van der Waals surface area (Å²) in [7, 11) is 0. The van der Waals surface area contributed by atoms with Gasteiger partial charge in [0.1, 0.15) is 17.6 Å².